The van der Waals surface area contributed by atoms with Crippen molar-refractivity contribution in [3.8, 4) is 0 Å². The van der Waals surface area contributed by atoms with Gasteiger partial charge < -0.3 is 9.90 Å². The maximum atomic E-state index is 11.5. The van der Waals surface area contributed by atoms with Gasteiger partial charge in [0.15, 0.2) is 0 Å². The van der Waals surface area contributed by atoms with E-state index in [1.807, 2.05) is 60.7 Å². The molecule has 0 aromatic heterocycles. The molecule has 0 heterocycles. The number of aliphatic hydroxyl groups excluding tert-OH is 1. The van der Waals surface area contributed by atoms with Gasteiger partial charge in [0.1, 0.15) is 6.29 Å². The van der Waals surface area contributed by atoms with Crippen LogP contribution in [0.15, 0.2) is 60.7 Å². The third-order valence-electron chi connectivity index (χ3n) is 4.49. The molecule has 0 amide bonds. The molecule has 2 nitrogen and oxygen atoms in total. The molecule has 3 rings (SSSR count). The zero-order chi connectivity index (χ0) is 13.9. The van der Waals surface area contributed by atoms with Crippen molar-refractivity contribution < 1.29 is 9.90 Å². The second-order valence-electron chi connectivity index (χ2n) is 5.43. The molecule has 1 N–H and O–H groups in total. The summed E-state index contributed by atoms with van der Waals surface area (Å²) in [5.74, 6) is 0.333. The van der Waals surface area contributed by atoms with Gasteiger partial charge in [-0.1, -0.05) is 60.7 Å². The molecular weight excluding hydrogens is 248 g/mol. The van der Waals surface area contributed by atoms with Crippen LogP contribution in [0.1, 0.15) is 23.0 Å². The standard InChI is InChI=1S/C18H18O2/c19-11-15-17(13-7-3-1-4-8-13)16(12-20)18(15)14-9-5-2-6-10-14/h1-11,15-18,20H,12H2/t15?,16?,17-,18-/m0/s1. The van der Waals surface area contributed by atoms with Gasteiger partial charge in [-0.05, 0) is 28.9 Å². The van der Waals surface area contributed by atoms with Crippen LogP contribution in [0.25, 0.3) is 0 Å². The van der Waals surface area contributed by atoms with Gasteiger partial charge in [0.2, 0.25) is 0 Å². The first-order valence-corrected chi connectivity index (χ1v) is 7.03. The van der Waals surface area contributed by atoms with E-state index in [1.165, 1.54) is 0 Å². The van der Waals surface area contributed by atoms with E-state index in [9.17, 15) is 9.90 Å². The lowest BCUT2D eigenvalue weighted by Gasteiger charge is -2.49. The Morgan fingerprint density at radius 3 is 1.65 bits per heavy atom. The predicted molar refractivity (Wildman–Crippen MR) is 78.5 cm³/mol. The Morgan fingerprint density at radius 2 is 1.30 bits per heavy atom. The molecule has 0 spiro atoms. The van der Waals surface area contributed by atoms with Crippen molar-refractivity contribution in [3.05, 3.63) is 71.8 Å². The maximum Gasteiger partial charge on any atom is 0.124 e. The Kier molecular flexibility index (Phi) is 3.66. The van der Waals surface area contributed by atoms with E-state index >= 15 is 0 Å². The molecule has 1 fully saturated rings. The molecule has 1 saturated carbocycles. The average molecular weight is 266 g/mol. The van der Waals surface area contributed by atoms with Gasteiger partial charge in [-0.3, -0.25) is 0 Å². The molecule has 2 heteroatoms. The van der Waals surface area contributed by atoms with Crippen LogP contribution in [0.3, 0.4) is 0 Å². The molecule has 1 aliphatic rings. The molecule has 2 atom stereocenters. The Labute approximate surface area is 119 Å². The molecule has 0 radical (unpaired) electrons. The van der Waals surface area contributed by atoms with Crippen LogP contribution in [-0.2, 0) is 4.79 Å². The van der Waals surface area contributed by atoms with Crippen molar-refractivity contribution in [1.82, 2.24) is 0 Å². The fourth-order valence-electron chi connectivity index (χ4n) is 3.56. The zero-order valence-corrected chi connectivity index (χ0v) is 11.2. The molecule has 20 heavy (non-hydrogen) atoms. The molecule has 0 unspecified atom stereocenters. The third-order valence-corrected chi connectivity index (χ3v) is 4.49. The fourth-order valence-corrected chi connectivity index (χ4v) is 3.56. The molecule has 2 aromatic carbocycles. The SMILES string of the molecule is O=CC1[C@H](c2ccccc2)C(CO)[C@H]1c1ccccc1. The molecular formula is C18H18O2. The summed E-state index contributed by atoms with van der Waals surface area (Å²) >= 11 is 0. The normalized spacial score (nSPS) is 28.6. The zero-order valence-electron chi connectivity index (χ0n) is 11.2. The first kappa shape index (κ1) is 13.1. The summed E-state index contributed by atoms with van der Waals surface area (Å²) in [7, 11) is 0. The smallest absolute Gasteiger partial charge is 0.124 e. The van der Waals surface area contributed by atoms with Gasteiger partial charge in [-0.2, -0.15) is 0 Å². The molecule has 0 saturated heterocycles. The second-order valence-corrected chi connectivity index (χ2v) is 5.43. The number of aliphatic hydroxyl groups is 1. The van der Waals surface area contributed by atoms with Crippen LogP contribution in [-0.4, -0.2) is 18.0 Å². The quantitative estimate of drug-likeness (QED) is 0.864. The highest BCUT2D eigenvalue weighted by Crippen LogP contribution is 2.56. The third kappa shape index (κ3) is 2.06. The van der Waals surface area contributed by atoms with Crippen LogP contribution < -0.4 is 0 Å². The van der Waals surface area contributed by atoms with Crippen LogP contribution in [0.5, 0.6) is 0 Å². The molecule has 102 valence electrons. The van der Waals surface area contributed by atoms with Crippen molar-refractivity contribution in [2.75, 3.05) is 6.61 Å². The van der Waals surface area contributed by atoms with Crippen molar-refractivity contribution in [2.24, 2.45) is 11.8 Å². The van der Waals surface area contributed by atoms with Crippen molar-refractivity contribution in [1.29, 1.82) is 0 Å². The lowest BCUT2D eigenvalue weighted by molar-refractivity contribution is -0.118. The number of rotatable bonds is 4. The van der Waals surface area contributed by atoms with Crippen LogP contribution in [0.2, 0.25) is 0 Å². The van der Waals surface area contributed by atoms with Gasteiger partial charge in [0.25, 0.3) is 0 Å². The molecule has 0 bridgehead atoms. The van der Waals surface area contributed by atoms with Gasteiger partial charge in [-0.15, -0.1) is 0 Å². The number of carbonyl (C=O) groups excluding carboxylic acids is 1. The summed E-state index contributed by atoms with van der Waals surface area (Å²) in [6.07, 6.45) is 1.06. The van der Waals surface area contributed by atoms with Crippen LogP contribution in [0.4, 0.5) is 0 Å². The summed E-state index contributed by atoms with van der Waals surface area (Å²) in [6, 6.07) is 20.1. The maximum absolute atomic E-state index is 11.5. The van der Waals surface area contributed by atoms with Crippen molar-refractivity contribution in [3.63, 3.8) is 0 Å². The number of carbonyl (C=O) groups is 1. The van der Waals surface area contributed by atoms with E-state index in [2.05, 4.69) is 0 Å². The first-order valence-electron chi connectivity index (χ1n) is 7.03. The highest BCUT2D eigenvalue weighted by Gasteiger charge is 2.50. The van der Waals surface area contributed by atoms with E-state index in [-0.39, 0.29) is 30.3 Å². The molecule has 1 aliphatic carbocycles. The number of benzene rings is 2. The number of hydrogen-bond donors (Lipinski definition) is 1. The Balaban J connectivity index is 1.93. The molecule has 0 aliphatic heterocycles. The minimum Gasteiger partial charge on any atom is -0.396 e. The van der Waals surface area contributed by atoms with Crippen LogP contribution >= 0.6 is 0 Å². The minimum absolute atomic E-state index is 0.0445. The topological polar surface area (TPSA) is 37.3 Å². The van der Waals surface area contributed by atoms with Gasteiger partial charge in [0.05, 0.1) is 0 Å². The summed E-state index contributed by atoms with van der Waals surface area (Å²) in [6.45, 7) is 0.115. The highest BCUT2D eigenvalue weighted by molar-refractivity contribution is 5.62. The van der Waals surface area contributed by atoms with E-state index in [0.29, 0.717) is 0 Å². The van der Waals surface area contributed by atoms with E-state index in [1.54, 1.807) is 0 Å². The van der Waals surface area contributed by atoms with Crippen molar-refractivity contribution in [2.45, 2.75) is 11.8 Å². The monoisotopic (exact) mass is 266 g/mol. The van der Waals surface area contributed by atoms with Gasteiger partial charge in [-0.25, -0.2) is 0 Å². The van der Waals surface area contributed by atoms with Crippen molar-refractivity contribution >= 4 is 6.29 Å². The van der Waals surface area contributed by atoms with E-state index < -0.39 is 0 Å². The fraction of sp³-hybridized carbons (Fsp3) is 0.278. The van der Waals surface area contributed by atoms with Gasteiger partial charge >= 0.3 is 0 Å². The second kappa shape index (κ2) is 5.59. The summed E-state index contributed by atoms with van der Waals surface area (Å²) in [5.41, 5.74) is 2.30. The lowest BCUT2D eigenvalue weighted by atomic mass is 9.53. The summed E-state index contributed by atoms with van der Waals surface area (Å²) < 4.78 is 0. The summed E-state index contributed by atoms with van der Waals surface area (Å²) in [4.78, 5) is 11.5. The lowest BCUT2D eigenvalue weighted by Crippen LogP contribution is -2.46. The Morgan fingerprint density at radius 1 is 0.850 bits per heavy atom. The average Bonchev–Trinajstić information content (AvgIpc) is 2.49. The number of hydrogen-bond acceptors (Lipinski definition) is 2. The van der Waals surface area contributed by atoms with E-state index in [4.69, 9.17) is 0 Å². The van der Waals surface area contributed by atoms with E-state index in [0.717, 1.165) is 17.4 Å². The highest BCUT2D eigenvalue weighted by atomic mass is 16.3. The largest absolute Gasteiger partial charge is 0.396 e. The van der Waals surface area contributed by atoms with Crippen LogP contribution in [0, 0.1) is 11.8 Å². The predicted octanol–water partition coefficient (Wildman–Crippen LogP) is 2.99. The Bertz CT molecular complexity index is 517. The first-order chi connectivity index (χ1) is 9.86. The number of aldehydes is 1. The minimum atomic E-state index is -0.0445. The molecule has 2 aromatic rings. The van der Waals surface area contributed by atoms with Gasteiger partial charge in [0, 0.05) is 12.5 Å². The summed E-state index contributed by atoms with van der Waals surface area (Å²) in [5, 5.41) is 9.75. The Hall–Kier alpha value is -1.93.